The van der Waals surface area contributed by atoms with Gasteiger partial charge in [-0.05, 0) is 104 Å². The lowest BCUT2D eigenvalue weighted by atomic mass is 9.38. The Kier molecular flexibility index (Phi) is 4.07. The molecule has 0 aromatic carbocycles. The fraction of sp³-hybridized carbons (Fsp3) is 0.920. The van der Waals surface area contributed by atoms with Crippen LogP contribution in [0.15, 0.2) is 12.2 Å². The van der Waals surface area contributed by atoms with Gasteiger partial charge < -0.3 is 0 Å². The van der Waals surface area contributed by atoms with Crippen LogP contribution in [0, 0.1) is 51.8 Å². The maximum atomic E-state index is 4.43. The van der Waals surface area contributed by atoms with Gasteiger partial charge in [-0.25, -0.2) is 0 Å². The molecule has 142 valence electrons. The Morgan fingerprint density at radius 1 is 0.880 bits per heavy atom. The summed E-state index contributed by atoms with van der Waals surface area (Å²) in [5.74, 6) is 5.53. The molecule has 4 rings (SSSR count). The summed E-state index contributed by atoms with van der Waals surface area (Å²) in [5, 5.41) is 0. The van der Waals surface area contributed by atoms with Crippen LogP contribution in [0.2, 0.25) is 0 Å². The zero-order valence-corrected chi connectivity index (χ0v) is 17.8. The second kappa shape index (κ2) is 5.62. The first-order valence-electron chi connectivity index (χ1n) is 11.3. The summed E-state index contributed by atoms with van der Waals surface area (Å²) in [5.41, 5.74) is 3.11. The summed E-state index contributed by atoms with van der Waals surface area (Å²) >= 11 is 0. The molecule has 9 unspecified atom stereocenters. The molecule has 4 aliphatic carbocycles. The fourth-order valence-corrected chi connectivity index (χ4v) is 9.09. The van der Waals surface area contributed by atoms with Crippen LogP contribution in [0.1, 0.15) is 92.9 Å². The predicted molar refractivity (Wildman–Crippen MR) is 108 cm³/mol. The highest BCUT2D eigenvalue weighted by Gasteiger charge is 2.67. The highest BCUT2D eigenvalue weighted by molar-refractivity contribution is 5.20. The number of fused-ring (bicyclic) bond motifs is 5. The molecule has 0 bridgehead atoms. The highest BCUT2D eigenvalue weighted by Crippen LogP contribution is 2.74. The van der Waals surface area contributed by atoms with Crippen molar-refractivity contribution in [2.75, 3.05) is 0 Å². The molecule has 0 amide bonds. The number of hydrogen-bond acceptors (Lipinski definition) is 0. The van der Waals surface area contributed by atoms with Crippen LogP contribution in [0.5, 0.6) is 0 Å². The monoisotopic (exact) mass is 342 g/mol. The van der Waals surface area contributed by atoms with Crippen LogP contribution in [-0.2, 0) is 0 Å². The lowest BCUT2D eigenvalue weighted by molar-refractivity contribution is -0.177. The van der Waals surface area contributed by atoms with Crippen LogP contribution < -0.4 is 0 Å². The first-order valence-corrected chi connectivity index (χ1v) is 11.3. The molecule has 4 saturated carbocycles. The van der Waals surface area contributed by atoms with E-state index < -0.39 is 0 Å². The Bertz CT molecular complexity index is 560. The van der Waals surface area contributed by atoms with Crippen molar-refractivity contribution in [3.05, 3.63) is 12.2 Å². The summed E-state index contributed by atoms with van der Waals surface area (Å²) in [7, 11) is 0. The molecule has 0 aromatic rings. The van der Waals surface area contributed by atoms with E-state index in [9.17, 15) is 0 Å². The van der Waals surface area contributed by atoms with E-state index in [1.165, 1.54) is 56.9 Å². The van der Waals surface area contributed by atoms with Gasteiger partial charge in [0.15, 0.2) is 0 Å². The van der Waals surface area contributed by atoms with Gasteiger partial charge >= 0.3 is 0 Å². The average molecular weight is 343 g/mol. The molecule has 4 fully saturated rings. The van der Waals surface area contributed by atoms with E-state index in [1.54, 1.807) is 0 Å². The molecule has 0 aliphatic heterocycles. The molecule has 0 aromatic heterocycles. The molecular weight excluding hydrogens is 300 g/mol. The summed E-state index contributed by atoms with van der Waals surface area (Å²) < 4.78 is 0. The lowest BCUT2D eigenvalue weighted by Gasteiger charge is -2.66. The Labute approximate surface area is 157 Å². The van der Waals surface area contributed by atoms with Gasteiger partial charge in [0, 0.05) is 0 Å². The molecule has 0 spiro atoms. The van der Waals surface area contributed by atoms with Crippen molar-refractivity contribution >= 4 is 0 Å². The van der Waals surface area contributed by atoms with Crippen LogP contribution in [-0.4, -0.2) is 0 Å². The lowest BCUT2D eigenvalue weighted by Crippen LogP contribution is -2.60. The van der Waals surface area contributed by atoms with Crippen molar-refractivity contribution in [2.24, 2.45) is 51.8 Å². The van der Waals surface area contributed by atoms with E-state index in [-0.39, 0.29) is 0 Å². The molecule has 4 aliphatic rings. The van der Waals surface area contributed by atoms with Gasteiger partial charge in [-0.15, -0.1) is 0 Å². The number of rotatable bonds is 1. The van der Waals surface area contributed by atoms with E-state index in [0.29, 0.717) is 16.2 Å². The third kappa shape index (κ3) is 2.18. The van der Waals surface area contributed by atoms with E-state index in [4.69, 9.17) is 0 Å². The average Bonchev–Trinajstić information content (AvgIpc) is 2.83. The van der Waals surface area contributed by atoms with Crippen molar-refractivity contribution in [1.82, 2.24) is 0 Å². The molecule has 0 saturated heterocycles. The zero-order chi connectivity index (χ0) is 18.2. The van der Waals surface area contributed by atoms with Gasteiger partial charge in [0.25, 0.3) is 0 Å². The van der Waals surface area contributed by atoms with E-state index in [0.717, 1.165) is 35.5 Å². The second-order valence-electron chi connectivity index (χ2n) is 11.6. The molecule has 9 atom stereocenters. The van der Waals surface area contributed by atoms with Crippen molar-refractivity contribution < 1.29 is 0 Å². The first kappa shape index (κ1) is 18.1. The standard InChI is InChI=1S/C25H42/c1-16(2)20-11-13-24(6)21-9-8-19-14-17(3)10-12-23(19,5)22(21)15-18(4)25(20,24)7/h17-22H,1,8-15H2,2-7H3. The van der Waals surface area contributed by atoms with Crippen molar-refractivity contribution in [3.63, 3.8) is 0 Å². The smallest absolute Gasteiger partial charge is 0.0147 e. The fourth-order valence-electron chi connectivity index (χ4n) is 9.09. The minimum atomic E-state index is 0.477. The third-order valence-corrected chi connectivity index (χ3v) is 10.9. The van der Waals surface area contributed by atoms with Gasteiger partial charge in [-0.1, -0.05) is 53.2 Å². The van der Waals surface area contributed by atoms with Crippen LogP contribution in [0.4, 0.5) is 0 Å². The molecule has 25 heavy (non-hydrogen) atoms. The van der Waals surface area contributed by atoms with Gasteiger partial charge in [0.05, 0.1) is 0 Å². The zero-order valence-electron chi connectivity index (χ0n) is 17.8. The van der Waals surface area contributed by atoms with Crippen molar-refractivity contribution in [2.45, 2.75) is 92.9 Å². The van der Waals surface area contributed by atoms with Gasteiger partial charge in [0.2, 0.25) is 0 Å². The normalized spacial score (nSPS) is 58.2. The minimum absolute atomic E-state index is 0.477. The van der Waals surface area contributed by atoms with Crippen molar-refractivity contribution in [1.29, 1.82) is 0 Å². The quantitative estimate of drug-likeness (QED) is 0.433. The maximum absolute atomic E-state index is 4.43. The van der Waals surface area contributed by atoms with Crippen LogP contribution in [0.25, 0.3) is 0 Å². The molecule has 0 heterocycles. The van der Waals surface area contributed by atoms with E-state index in [1.807, 2.05) is 0 Å². The first-order chi connectivity index (χ1) is 11.6. The third-order valence-electron chi connectivity index (χ3n) is 10.9. The molecular formula is C25H42. The summed E-state index contributed by atoms with van der Waals surface area (Å²) in [6, 6.07) is 0. The van der Waals surface area contributed by atoms with Gasteiger partial charge in [-0.2, -0.15) is 0 Å². The van der Waals surface area contributed by atoms with E-state index in [2.05, 4.69) is 48.1 Å². The number of hydrogen-bond donors (Lipinski definition) is 0. The van der Waals surface area contributed by atoms with Gasteiger partial charge in [0.1, 0.15) is 0 Å². The van der Waals surface area contributed by atoms with Gasteiger partial charge in [-0.3, -0.25) is 0 Å². The Hall–Kier alpha value is -0.260. The highest BCUT2D eigenvalue weighted by atomic mass is 14.7. The Morgan fingerprint density at radius 3 is 2.28 bits per heavy atom. The minimum Gasteiger partial charge on any atom is -0.0998 e. The maximum Gasteiger partial charge on any atom is -0.0147 e. The summed E-state index contributed by atoms with van der Waals surface area (Å²) in [4.78, 5) is 0. The molecule has 0 heteroatoms. The molecule has 0 nitrogen and oxygen atoms in total. The summed E-state index contributed by atoms with van der Waals surface area (Å²) in [6.07, 6.45) is 11.9. The van der Waals surface area contributed by atoms with Crippen LogP contribution >= 0.6 is 0 Å². The molecule has 0 N–H and O–H groups in total. The summed E-state index contributed by atoms with van der Waals surface area (Å²) in [6.45, 7) is 19.9. The number of allylic oxidation sites excluding steroid dienone is 1. The van der Waals surface area contributed by atoms with E-state index >= 15 is 0 Å². The Balaban J connectivity index is 1.73. The van der Waals surface area contributed by atoms with Crippen LogP contribution in [0.3, 0.4) is 0 Å². The topological polar surface area (TPSA) is 0 Å². The van der Waals surface area contributed by atoms with Crippen molar-refractivity contribution in [3.8, 4) is 0 Å². The SMILES string of the molecule is C=C(C)C1CCC2(C)C3CCC4CC(C)CCC4(C)C3CC(C)C12C. The second-order valence-corrected chi connectivity index (χ2v) is 11.6. The largest absolute Gasteiger partial charge is 0.0998 e. The Morgan fingerprint density at radius 2 is 1.60 bits per heavy atom. The predicted octanol–water partition coefficient (Wildman–Crippen LogP) is 7.49. The molecule has 0 radical (unpaired) electrons.